The van der Waals surface area contributed by atoms with Gasteiger partial charge in [-0.3, -0.25) is 13.9 Å². The van der Waals surface area contributed by atoms with Crippen LogP contribution in [0, 0.1) is 26.7 Å². The van der Waals surface area contributed by atoms with Crippen LogP contribution in [0.1, 0.15) is 49.4 Å². The van der Waals surface area contributed by atoms with Gasteiger partial charge in [-0.1, -0.05) is 79.9 Å². The molecule has 1 unspecified atom stereocenters. The molecule has 3 aromatic carbocycles. The van der Waals surface area contributed by atoms with E-state index in [1.54, 1.807) is 42.5 Å². The van der Waals surface area contributed by atoms with E-state index in [0.29, 0.717) is 34.3 Å². The molecule has 0 aliphatic rings. The van der Waals surface area contributed by atoms with Crippen LogP contribution in [0.2, 0.25) is 10.0 Å². The molecule has 0 fully saturated rings. The summed E-state index contributed by atoms with van der Waals surface area (Å²) in [6.07, 6.45) is 0.315. The van der Waals surface area contributed by atoms with Gasteiger partial charge in [-0.05, 0) is 80.1 Å². The van der Waals surface area contributed by atoms with Gasteiger partial charge in [0.25, 0.3) is 10.0 Å². The third-order valence-electron chi connectivity index (χ3n) is 7.16. The third-order valence-corrected chi connectivity index (χ3v) is 9.52. The van der Waals surface area contributed by atoms with Crippen LogP contribution in [0.5, 0.6) is 0 Å². The van der Waals surface area contributed by atoms with Crippen LogP contribution in [-0.2, 0) is 26.2 Å². The number of sulfonamides is 1. The first-order valence-electron chi connectivity index (χ1n) is 13.9. The van der Waals surface area contributed by atoms with Crippen LogP contribution >= 0.6 is 23.2 Å². The van der Waals surface area contributed by atoms with Crippen LogP contribution in [-0.4, -0.2) is 44.3 Å². The standard InChI is InChI=1S/C32H39Cl2N3O4S/c1-7-29(32(39)35-18-21(2)3)36(19-25-13-14-26(33)17-28(25)34)31(38)20-37(30-10-8-9-23(5)24(30)6)42(40,41)27-15-11-22(4)12-16-27/h8-17,21,29H,7,18-20H2,1-6H3,(H,35,39). The smallest absolute Gasteiger partial charge is 0.264 e. The lowest BCUT2D eigenvalue weighted by molar-refractivity contribution is -0.140. The molecular weight excluding hydrogens is 593 g/mol. The first-order valence-corrected chi connectivity index (χ1v) is 16.1. The molecule has 1 atom stereocenters. The third kappa shape index (κ3) is 8.06. The van der Waals surface area contributed by atoms with Gasteiger partial charge in [0.1, 0.15) is 12.6 Å². The molecule has 0 heterocycles. The summed E-state index contributed by atoms with van der Waals surface area (Å²) in [5.41, 5.74) is 3.51. The number of amides is 2. The molecule has 0 saturated heterocycles. The molecule has 0 aromatic heterocycles. The predicted octanol–water partition coefficient (Wildman–Crippen LogP) is 6.69. The molecule has 10 heteroatoms. The van der Waals surface area contributed by atoms with Crippen molar-refractivity contribution < 1.29 is 18.0 Å². The summed E-state index contributed by atoms with van der Waals surface area (Å²) in [6.45, 7) is 11.3. The number of hydrogen-bond acceptors (Lipinski definition) is 4. The molecule has 1 N–H and O–H groups in total. The molecule has 3 rings (SSSR count). The van der Waals surface area contributed by atoms with Gasteiger partial charge in [0, 0.05) is 23.1 Å². The zero-order chi connectivity index (χ0) is 31.2. The largest absolute Gasteiger partial charge is 0.354 e. The zero-order valence-electron chi connectivity index (χ0n) is 24.9. The number of halogens is 2. The van der Waals surface area contributed by atoms with Crippen molar-refractivity contribution in [3.63, 3.8) is 0 Å². The Morgan fingerprint density at radius 2 is 1.62 bits per heavy atom. The van der Waals surface area contributed by atoms with Crippen molar-refractivity contribution in [2.75, 3.05) is 17.4 Å². The van der Waals surface area contributed by atoms with E-state index in [4.69, 9.17) is 23.2 Å². The van der Waals surface area contributed by atoms with E-state index >= 15 is 0 Å². The number of nitrogens with one attached hydrogen (secondary N) is 1. The Morgan fingerprint density at radius 3 is 2.21 bits per heavy atom. The molecular formula is C32H39Cl2N3O4S. The van der Waals surface area contributed by atoms with Gasteiger partial charge in [-0.2, -0.15) is 0 Å². The lowest BCUT2D eigenvalue weighted by Gasteiger charge is -2.34. The molecule has 0 saturated carbocycles. The van der Waals surface area contributed by atoms with Gasteiger partial charge < -0.3 is 10.2 Å². The molecule has 3 aromatic rings. The summed E-state index contributed by atoms with van der Waals surface area (Å²) in [7, 11) is -4.16. The first kappa shape index (κ1) is 33.4. The topological polar surface area (TPSA) is 86.8 Å². The minimum atomic E-state index is -4.16. The summed E-state index contributed by atoms with van der Waals surface area (Å²) >= 11 is 12.6. The Hall–Kier alpha value is -3.07. The lowest BCUT2D eigenvalue weighted by atomic mass is 10.1. The summed E-state index contributed by atoms with van der Waals surface area (Å²) < 4.78 is 29.3. The number of carbonyl (C=O) groups excluding carboxylic acids is 2. The van der Waals surface area contributed by atoms with Crippen LogP contribution in [0.25, 0.3) is 0 Å². The Balaban J connectivity index is 2.11. The Labute approximate surface area is 259 Å². The Kier molecular flexibility index (Phi) is 11.5. The maximum absolute atomic E-state index is 14.3. The van der Waals surface area contributed by atoms with Gasteiger partial charge in [0.05, 0.1) is 10.6 Å². The fourth-order valence-electron chi connectivity index (χ4n) is 4.53. The van der Waals surface area contributed by atoms with Crippen molar-refractivity contribution in [2.24, 2.45) is 5.92 Å². The van der Waals surface area contributed by atoms with E-state index in [0.717, 1.165) is 21.0 Å². The minimum Gasteiger partial charge on any atom is -0.354 e. The van der Waals surface area contributed by atoms with Gasteiger partial charge in [-0.25, -0.2) is 8.42 Å². The van der Waals surface area contributed by atoms with Crippen molar-refractivity contribution in [1.82, 2.24) is 10.2 Å². The highest BCUT2D eigenvalue weighted by atomic mass is 35.5. The second-order valence-electron chi connectivity index (χ2n) is 10.9. The fraction of sp³-hybridized carbons (Fsp3) is 0.375. The van der Waals surface area contributed by atoms with Gasteiger partial charge in [0.15, 0.2) is 0 Å². The molecule has 2 amide bonds. The van der Waals surface area contributed by atoms with E-state index in [9.17, 15) is 18.0 Å². The SMILES string of the molecule is CCC(C(=O)NCC(C)C)N(Cc1ccc(Cl)cc1Cl)C(=O)CN(c1cccc(C)c1C)S(=O)(=O)c1ccc(C)cc1. The monoisotopic (exact) mass is 631 g/mol. The quantitative estimate of drug-likeness (QED) is 0.241. The van der Waals surface area contributed by atoms with E-state index in [1.807, 2.05) is 47.6 Å². The summed E-state index contributed by atoms with van der Waals surface area (Å²) in [4.78, 5) is 29.1. The average Bonchev–Trinajstić information content (AvgIpc) is 2.93. The van der Waals surface area contributed by atoms with E-state index in [1.165, 1.54) is 17.0 Å². The van der Waals surface area contributed by atoms with Crippen molar-refractivity contribution in [3.8, 4) is 0 Å². The molecule has 0 radical (unpaired) electrons. The first-order chi connectivity index (χ1) is 19.8. The molecule has 0 bridgehead atoms. The fourth-order valence-corrected chi connectivity index (χ4v) is 6.47. The number of nitrogens with zero attached hydrogens (tertiary/aromatic N) is 2. The number of hydrogen-bond donors (Lipinski definition) is 1. The second-order valence-corrected chi connectivity index (χ2v) is 13.6. The number of aryl methyl sites for hydroxylation is 2. The van der Waals surface area contributed by atoms with E-state index < -0.39 is 28.5 Å². The normalized spacial score (nSPS) is 12.2. The molecule has 226 valence electrons. The zero-order valence-corrected chi connectivity index (χ0v) is 27.3. The van der Waals surface area contributed by atoms with Crippen LogP contribution < -0.4 is 9.62 Å². The summed E-state index contributed by atoms with van der Waals surface area (Å²) in [5.74, 6) is -0.644. The summed E-state index contributed by atoms with van der Waals surface area (Å²) in [5, 5.41) is 3.70. The minimum absolute atomic E-state index is 0.00629. The van der Waals surface area contributed by atoms with E-state index in [-0.39, 0.29) is 23.3 Å². The number of benzene rings is 3. The predicted molar refractivity (Wildman–Crippen MR) is 171 cm³/mol. The van der Waals surface area contributed by atoms with Crippen molar-refractivity contribution in [1.29, 1.82) is 0 Å². The maximum Gasteiger partial charge on any atom is 0.264 e. The van der Waals surface area contributed by atoms with Crippen molar-refractivity contribution in [2.45, 2.75) is 65.4 Å². The maximum atomic E-state index is 14.3. The average molecular weight is 633 g/mol. The van der Waals surface area contributed by atoms with Gasteiger partial charge in [0.2, 0.25) is 11.8 Å². The molecule has 0 aliphatic heterocycles. The number of anilines is 1. The van der Waals surface area contributed by atoms with Gasteiger partial charge in [-0.15, -0.1) is 0 Å². The van der Waals surface area contributed by atoms with Crippen LogP contribution in [0.15, 0.2) is 65.6 Å². The van der Waals surface area contributed by atoms with Crippen LogP contribution in [0.4, 0.5) is 5.69 Å². The lowest BCUT2D eigenvalue weighted by Crippen LogP contribution is -2.52. The highest BCUT2D eigenvalue weighted by Crippen LogP contribution is 2.30. The van der Waals surface area contributed by atoms with Gasteiger partial charge >= 0.3 is 0 Å². The van der Waals surface area contributed by atoms with E-state index in [2.05, 4.69) is 5.32 Å². The highest BCUT2D eigenvalue weighted by molar-refractivity contribution is 7.92. The number of carbonyl (C=O) groups is 2. The second kappa shape index (κ2) is 14.4. The Morgan fingerprint density at radius 1 is 0.952 bits per heavy atom. The highest BCUT2D eigenvalue weighted by Gasteiger charge is 2.34. The Bertz CT molecular complexity index is 1530. The number of rotatable bonds is 12. The molecule has 0 spiro atoms. The van der Waals surface area contributed by atoms with Crippen molar-refractivity contribution in [3.05, 3.63) is 93.0 Å². The molecule has 0 aliphatic carbocycles. The van der Waals surface area contributed by atoms with Crippen LogP contribution in [0.3, 0.4) is 0 Å². The summed E-state index contributed by atoms with van der Waals surface area (Å²) in [6, 6.07) is 15.9. The molecule has 42 heavy (non-hydrogen) atoms. The molecule has 7 nitrogen and oxygen atoms in total. The van der Waals surface area contributed by atoms with Crippen molar-refractivity contribution >= 4 is 50.7 Å².